The highest BCUT2D eigenvalue weighted by Gasteiger charge is 2.46. The Morgan fingerprint density at radius 3 is 2.65 bits per heavy atom. The first-order valence-electron chi connectivity index (χ1n) is 12.1. The Labute approximate surface area is 210 Å². The first kappa shape index (κ1) is 25.5. The zero-order valence-corrected chi connectivity index (χ0v) is 19.9. The number of nitrogens with zero attached hydrogens (tertiary/aromatic N) is 3. The van der Waals surface area contributed by atoms with Gasteiger partial charge in [-0.05, 0) is 36.4 Å². The van der Waals surface area contributed by atoms with Crippen molar-refractivity contribution in [3.63, 3.8) is 0 Å². The van der Waals surface area contributed by atoms with Gasteiger partial charge in [0.2, 0.25) is 0 Å². The zero-order valence-electron chi connectivity index (χ0n) is 19.9. The summed E-state index contributed by atoms with van der Waals surface area (Å²) in [7, 11) is 0. The molecular formula is C25H28F3N5O4. The van der Waals surface area contributed by atoms with E-state index in [4.69, 9.17) is 4.74 Å². The average molecular weight is 520 g/mol. The number of aliphatic hydroxyl groups is 2. The molecule has 3 aromatic rings. The van der Waals surface area contributed by atoms with Gasteiger partial charge >= 0.3 is 6.18 Å². The van der Waals surface area contributed by atoms with Crippen molar-refractivity contribution in [2.45, 2.75) is 30.5 Å². The summed E-state index contributed by atoms with van der Waals surface area (Å²) in [6, 6.07) is 9.86. The molecule has 0 unspecified atom stereocenters. The van der Waals surface area contributed by atoms with E-state index in [0.29, 0.717) is 37.4 Å². The van der Waals surface area contributed by atoms with Gasteiger partial charge in [-0.2, -0.15) is 13.2 Å². The molecule has 1 aromatic heterocycles. The van der Waals surface area contributed by atoms with Gasteiger partial charge < -0.3 is 30.2 Å². The Kier molecular flexibility index (Phi) is 7.08. The largest absolute Gasteiger partial charge is 0.416 e. The lowest BCUT2D eigenvalue weighted by Gasteiger charge is -2.41. The van der Waals surface area contributed by atoms with Crippen LogP contribution in [0.5, 0.6) is 0 Å². The third-order valence-electron chi connectivity index (χ3n) is 7.06. The third kappa shape index (κ3) is 5.28. The van der Waals surface area contributed by atoms with Crippen LogP contribution in [0.15, 0.2) is 48.8 Å². The fourth-order valence-corrected chi connectivity index (χ4v) is 5.13. The lowest BCUT2D eigenvalue weighted by molar-refractivity contribution is -0.137. The summed E-state index contributed by atoms with van der Waals surface area (Å²) in [4.78, 5) is 23.8. The molecular weight excluding hydrogens is 491 g/mol. The fourth-order valence-electron chi connectivity index (χ4n) is 5.13. The standard InChI is InChI=1S/C25H28F3N5O4/c26-25(27,28)16-2-1-3-17(11-16)32-6-8-33(9-7-32)22-20(37-21(13-34)23(22)35)12-29-24(36)15-4-5-18-19(10-15)31-14-30-18/h1-5,10-11,14,20-23,34-35H,6-9,12-13H2,(H,29,36)(H,30,31)/t20-,21+,22+,23-/m1/s1. The van der Waals surface area contributed by atoms with Crippen LogP contribution in [0.1, 0.15) is 15.9 Å². The number of benzene rings is 2. The molecule has 2 aliphatic rings. The normalized spacial score (nSPS) is 25.1. The second-order valence-corrected chi connectivity index (χ2v) is 9.29. The number of hydrogen-bond donors (Lipinski definition) is 4. The van der Waals surface area contributed by atoms with Crippen molar-refractivity contribution in [1.29, 1.82) is 0 Å². The maximum atomic E-state index is 13.1. The summed E-state index contributed by atoms with van der Waals surface area (Å²) in [6.07, 6.45) is -5.22. The van der Waals surface area contributed by atoms with Crippen molar-refractivity contribution in [2.75, 3.05) is 44.2 Å². The van der Waals surface area contributed by atoms with E-state index in [1.807, 2.05) is 9.80 Å². The smallest absolute Gasteiger partial charge is 0.394 e. The lowest BCUT2D eigenvalue weighted by atomic mass is 10.0. The molecule has 0 bridgehead atoms. The summed E-state index contributed by atoms with van der Waals surface area (Å²) >= 11 is 0. The number of carbonyl (C=O) groups excluding carboxylic acids is 1. The molecule has 2 aliphatic heterocycles. The number of aliphatic hydroxyl groups excluding tert-OH is 2. The number of hydrogen-bond acceptors (Lipinski definition) is 7. The first-order chi connectivity index (χ1) is 17.7. The molecule has 0 aliphatic carbocycles. The molecule has 1 amide bonds. The molecule has 12 heteroatoms. The number of carbonyl (C=O) groups is 1. The molecule has 2 aromatic carbocycles. The maximum absolute atomic E-state index is 13.1. The van der Waals surface area contributed by atoms with Gasteiger partial charge in [0.1, 0.15) is 12.2 Å². The summed E-state index contributed by atoms with van der Waals surface area (Å²) in [5, 5.41) is 23.4. The number of amides is 1. The van der Waals surface area contributed by atoms with Crippen LogP contribution in [-0.2, 0) is 10.9 Å². The minimum atomic E-state index is -4.41. The van der Waals surface area contributed by atoms with Gasteiger partial charge in [0, 0.05) is 44.0 Å². The number of halogens is 3. The molecule has 3 heterocycles. The van der Waals surface area contributed by atoms with E-state index in [-0.39, 0.29) is 19.1 Å². The number of anilines is 1. The number of nitrogens with one attached hydrogen (secondary N) is 2. The van der Waals surface area contributed by atoms with Gasteiger partial charge in [-0.15, -0.1) is 0 Å². The van der Waals surface area contributed by atoms with Crippen LogP contribution in [-0.4, -0.2) is 94.7 Å². The summed E-state index contributed by atoms with van der Waals surface area (Å²) in [6.45, 7) is 1.60. The van der Waals surface area contributed by atoms with Crippen LogP contribution in [0.25, 0.3) is 11.0 Å². The number of imidazole rings is 1. The van der Waals surface area contributed by atoms with Crippen molar-refractivity contribution >= 4 is 22.6 Å². The van der Waals surface area contributed by atoms with Crippen LogP contribution in [0, 0.1) is 0 Å². The van der Waals surface area contributed by atoms with E-state index in [2.05, 4.69) is 15.3 Å². The van der Waals surface area contributed by atoms with Gasteiger partial charge in [-0.1, -0.05) is 6.07 Å². The minimum Gasteiger partial charge on any atom is -0.394 e. The van der Waals surface area contributed by atoms with E-state index in [9.17, 15) is 28.2 Å². The van der Waals surface area contributed by atoms with Crippen LogP contribution >= 0.6 is 0 Å². The van der Waals surface area contributed by atoms with Crippen molar-refractivity contribution in [2.24, 2.45) is 0 Å². The molecule has 0 radical (unpaired) electrons. The predicted molar refractivity (Wildman–Crippen MR) is 129 cm³/mol. The summed E-state index contributed by atoms with van der Waals surface area (Å²) < 4.78 is 45.3. The van der Waals surface area contributed by atoms with Crippen LogP contribution in [0.2, 0.25) is 0 Å². The van der Waals surface area contributed by atoms with Crippen LogP contribution in [0.4, 0.5) is 18.9 Å². The molecule has 0 spiro atoms. The Morgan fingerprint density at radius 2 is 1.92 bits per heavy atom. The number of alkyl halides is 3. The number of H-pyrrole nitrogens is 1. The Hall–Kier alpha value is -3.19. The number of fused-ring (bicyclic) bond motifs is 1. The van der Waals surface area contributed by atoms with E-state index >= 15 is 0 Å². The second-order valence-electron chi connectivity index (χ2n) is 9.29. The lowest BCUT2D eigenvalue weighted by Crippen LogP contribution is -2.57. The molecule has 2 saturated heterocycles. The van der Waals surface area contributed by atoms with Crippen molar-refractivity contribution in [3.8, 4) is 0 Å². The quantitative estimate of drug-likeness (QED) is 0.392. The van der Waals surface area contributed by atoms with Crippen molar-refractivity contribution in [3.05, 3.63) is 59.9 Å². The SMILES string of the molecule is O=C(NC[C@H]1O[C@@H](CO)[C@@H](O)[C@H]1N1CCN(c2cccc(C(F)(F)F)c2)CC1)c1ccc2nc[nH]c2c1. The molecule has 198 valence electrons. The number of piperazine rings is 1. The molecule has 4 atom stereocenters. The molecule has 37 heavy (non-hydrogen) atoms. The van der Waals surface area contributed by atoms with E-state index in [1.165, 1.54) is 6.07 Å². The van der Waals surface area contributed by atoms with E-state index < -0.39 is 36.1 Å². The first-order valence-corrected chi connectivity index (χ1v) is 12.1. The molecule has 0 saturated carbocycles. The number of aromatic nitrogens is 2. The summed E-state index contributed by atoms with van der Waals surface area (Å²) in [5.74, 6) is -0.310. The van der Waals surface area contributed by atoms with Gasteiger partial charge in [0.15, 0.2) is 0 Å². The highest BCUT2D eigenvalue weighted by atomic mass is 19.4. The van der Waals surface area contributed by atoms with Gasteiger partial charge in [-0.3, -0.25) is 9.69 Å². The topological polar surface area (TPSA) is 114 Å². The van der Waals surface area contributed by atoms with Crippen molar-refractivity contribution < 1.29 is 32.9 Å². The Morgan fingerprint density at radius 1 is 1.14 bits per heavy atom. The monoisotopic (exact) mass is 519 g/mol. The third-order valence-corrected chi connectivity index (χ3v) is 7.06. The van der Waals surface area contributed by atoms with Gasteiger partial charge in [0.05, 0.1) is 41.7 Å². The van der Waals surface area contributed by atoms with Crippen LogP contribution < -0.4 is 10.2 Å². The predicted octanol–water partition coefficient (Wildman–Crippen LogP) is 1.62. The molecule has 2 fully saturated rings. The molecule has 4 N–H and O–H groups in total. The fraction of sp³-hybridized carbons (Fsp3) is 0.440. The average Bonchev–Trinajstić information content (AvgIpc) is 3.50. The van der Waals surface area contributed by atoms with Gasteiger partial charge in [0.25, 0.3) is 5.91 Å². The van der Waals surface area contributed by atoms with Crippen LogP contribution in [0.3, 0.4) is 0 Å². The molecule has 5 rings (SSSR count). The minimum absolute atomic E-state index is 0.117. The highest BCUT2D eigenvalue weighted by molar-refractivity contribution is 5.97. The summed E-state index contributed by atoms with van der Waals surface area (Å²) in [5.41, 5.74) is 1.72. The highest BCUT2D eigenvalue weighted by Crippen LogP contribution is 2.32. The number of rotatable bonds is 6. The zero-order chi connectivity index (χ0) is 26.2. The van der Waals surface area contributed by atoms with E-state index in [1.54, 1.807) is 30.6 Å². The second kappa shape index (κ2) is 10.3. The maximum Gasteiger partial charge on any atom is 0.416 e. The number of ether oxygens (including phenoxy) is 1. The number of aromatic amines is 1. The van der Waals surface area contributed by atoms with Crippen molar-refractivity contribution in [1.82, 2.24) is 20.2 Å². The Balaban J connectivity index is 1.23. The van der Waals surface area contributed by atoms with Gasteiger partial charge in [-0.25, -0.2) is 4.98 Å². The van der Waals surface area contributed by atoms with E-state index in [0.717, 1.165) is 23.2 Å². The molecule has 9 nitrogen and oxygen atoms in total. The Bertz CT molecular complexity index is 1240.